The molecule has 4 rings (SSSR count). The van der Waals surface area contributed by atoms with E-state index in [1.165, 1.54) is 49.6 Å². The molecule has 9 nitrogen and oxygen atoms in total. The summed E-state index contributed by atoms with van der Waals surface area (Å²) in [6.07, 6.45) is -0.626. The molecule has 1 amide bonds. The van der Waals surface area contributed by atoms with Gasteiger partial charge in [-0.25, -0.2) is 13.6 Å². The van der Waals surface area contributed by atoms with Crippen molar-refractivity contribution >= 4 is 23.9 Å². The molecule has 0 fully saturated rings. The van der Waals surface area contributed by atoms with Gasteiger partial charge in [0, 0.05) is 48.2 Å². The van der Waals surface area contributed by atoms with Crippen molar-refractivity contribution in [2.45, 2.75) is 51.5 Å². The molecule has 3 N–H and O–H groups in total. The smallest absolute Gasteiger partial charge is 0.550 e. The SMILES string of the molecule is COC(=O)c1ccc(CNC(=O)c2c(-c3ccc(F)cc3)c(-c3ccc(F)cc3)c(C=C[C@@H](O)C[C@@H](O)CC(=O)[O-])n2C(C)C)cc1.[Na+]. The first-order chi connectivity index (χ1) is 22.4. The Hall–Kier alpha value is -4.13. The van der Waals surface area contributed by atoms with Crippen LogP contribution in [0.15, 0.2) is 78.9 Å². The number of methoxy groups -OCH3 is 1. The van der Waals surface area contributed by atoms with Gasteiger partial charge in [0.2, 0.25) is 0 Å². The molecule has 0 aliphatic heterocycles. The average Bonchev–Trinajstić information content (AvgIpc) is 3.38. The summed E-state index contributed by atoms with van der Waals surface area (Å²) >= 11 is 0. The van der Waals surface area contributed by atoms with Gasteiger partial charge < -0.3 is 34.7 Å². The van der Waals surface area contributed by atoms with E-state index in [-0.39, 0.29) is 54.3 Å². The Bertz CT molecular complexity index is 1750. The number of aliphatic hydroxyl groups is 2. The number of benzene rings is 3. The van der Waals surface area contributed by atoms with Crippen LogP contribution in [0.4, 0.5) is 8.78 Å². The minimum atomic E-state index is -1.46. The van der Waals surface area contributed by atoms with Gasteiger partial charge in [-0.1, -0.05) is 42.5 Å². The minimum absolute atomic E-state index is 0. The number of carbonyl (C=O) groups excluding carboxylic acids is 3. The molecule has 1 heterocycles. The molecule has 0 aliphatic rings. The van der Waals surface area contributed by atoms with Crippen molar-refractivity contribution in [1.82, 2.24) is 9.88 Å². The van der Waals surface area contributed by atoms with Gasteiger partial charge in [-0.2, -0.15) is 0 Å². The van der Waals surface area contributed by atoms with Crippen molar-refractivity contribution in [3.05, 3.63) is 113 Å². The van der Waals surface area contributed by atoms with Crippen LogP contribution in [0.3, 0.4) is 0 Å². The standard InChI is InChI=1S/C36H36F2N2O7.Na/c1-21(2)40-30(17-16-28(41)18-29(42)19-31(43)44)32(23-8-12-26(37)13-9-23)33(24-10-14-27(38)15-11-24)34(40)35(45)39-20-22-4-6-25(7-5-22)36(46)47-3;/h4-17,21,28-29,41-42H,18-20H2,1-3H3,(H,39,45)(H,43,44);/q;+1/p-1/t28-,29-;/m1./s1. The van der Waals surface area contributed by atoms with Crippen molar-refractivity contribution in [1.29, 1.82) is 0 Å². The summed E-state index contributed by atoms with van der Waals surface area (Å²) < 4.78 is 34.6. The molecule has 0 spiro atoms. The van der Waals surface area contributed by atoms with Crippen LogP contribution in [0.2, 0.25) is 0 Å². The van der Waals surface area contributed by atoms with Crippen molar-refractivity contribution in [2.24, 2.45) is 0 Å². The second kappa shape index (κ2) is 17.3. The summed E-state index contributed by atoms with van der Waals surface area (Å²) in [5.74, 6) is -3.40. The molecule has 2 atom stereocenters. The first-order valence-corrected chi connectivity index (χ1v) is 14.9. The molecule has 0 bridgehead atoms. The summed E-state index contributed by atoms with van der Waals surface area (Å²) in [5.41, 5.74) is 3.67. The summed E-state index contributed by atoms with van der Waals surface area (Å²) in [6.45, 7) is 3.80. The zero-order valence-electron chi connectivity index (χ0n) is 27.1. The molecule has 1 aromatic heterocycles. The Morgan fingerprint density at radius 1 is 0.896 bits per heavy atom. The van der Waals surface area contributed by atoms with Crippen LogP contribution in [0.25, 0.3) is 28.3 Å². The third kappa shape index (κ3) is 9.48. The van der Waals surface area contributed by atoms with Crippen LogP contribution in [0, 0.1) is 11.6 Å². The van der Waals surface area contributed by atoms with E-state index in [9.17, 15) is 38.5 Å². The van der Waals surface area contributed by atoms with Crippen molar-refractivity contribution in [2.75, 3.05) is 7.11 Å². The molecule has 0 saturated carbocycles. The van der Waals surface area contributed by atoms with E-state index < -0.39 is 48.1 Å². The maximum atomic E-state index is 14.2. The third-order valence-corrected chi connectivity index (χ3v) is 7.46. The number of rotatable bonds is 13. The number of hydrogen-bond acceptors (Lipinski definition) is 7. The summed E-state index contributed by atoms with van der Waals surface area (Å²) in [6, 6.07) is 17.4. The number of carboxylic acids is 1. The molecule has 0 unspecified atom stereocenters. The predicted octanol–water partition coefficient (Wildman–Crippen LogP) is 1.67. The summed E-state index contributed by atoms with van der Waals surface area (Å²) in [7, 11) is 1.28. The quantitative estimate of drug-likeness (QED) is 0.146. The first kappa shape index (κ1) is 38.3. The second-order valence-corrected chi connectivity index (χ2v) is 11.2. The molecule has 0 radical (unpaired) electrons. The topological polar surface area (TPSA) is 141 Å². The first-order valence-electron chi connectivity index (χ1n) is 14.9. The molecule has 48 heavy (non-hydrogen) atoms. The maximum absolute atomic E-state index is 14.2. The normalized spacial score (nSPS) is 12.4. The largest absolute Gasteiger partial charge is 1.00 e. The Labute approximate surface area is 299 Å². The van der Waals surface area contributed by atoms with Gasteiger partial charge in [0.05, 0.1) is 24.9 Å². The number of aliphatic hydroxyl groups excluding tert-OH is 2. The number of aliphatic carboxylic acids is 1. The fraction of sp³-hybridized carbons (Fsp3) is 0.250. The van der Waals surface area contributed by atoms with Gasteiger partial charge in [-0.3, -0.25) is 4.79 Å². The number of esters is 1. The monoisotopic (exact) mass is 668 g/mol. The minimum Gasteiger partial charge on any atom is -0.550 e. The molecular weight excluding hydrogens is 633 g/mol. The molecule has 0 aliphatic carbocycles. The zero-order valence-corrected chi connectivity index (χ0v) is 29.1. The zero-order chi connectivity index (χ0) is 34.2. The van der Waals surface area contributed by atoms with Crippen LogP contribution in [0.5, 0.6) is 0 Å². The Balaban J connectivity index is 0.00000625. The van der Waals surface area contributed by atoms with Gasteiger partial charge in [0.25, 0.3) is 5.91 Å². The van der Waals surface area contributed by atoms with Crippen molar-refractivity contribution in [3.8, 4) is 22.3 Å². The van der Waals surface area contributed by atoms with Gasteiger partial charge in [0.15, 0.2) is 0 Å². The maximum Gasteiger partial charge on any atom is 1.00 e. The number of halogens is 2. The molecule has 246 valence electrons. The number of amides is 1. The molecule has 3 aromatic carbocycles. The Kier molecular flexibility index (Phi) is 13.8. The Morgan fingerprint density at radius 3 is 1.94 bits per heavy atom. The van der Waals surface area contributed by atoms with Gasteiger partial charge in [-0.05, 0) is 73.0 Å². The van der Waals surface area contributed by atoms with E-state index in [1.54, 1.807) is 47.0 Å². The fourth-order valence-corrected chi connectivity index (χ4v) is 5.32. The van der Waals surface area contributed by atoms with Crippen molar-refractivity contribution in [3.63, 3.8) is 0 Å². The second-order valence-electron chi connectivity index (χ2n) is 11.2. The predicted molar refractivity (Wildman–Crippen MR) is 170 cm³/mol. The van der Waals surface area contributed by atoms with E-state index >= 15 is 0 Å². The van der Waals surface area contributed by atoms with E-state index in [1.807, 2.05) is 13.8 Å². The number of nitrogens with one attached hydrogen (secondary N) is 1. The number of hydrogen-bond donors (Lipinski definition) is 3. The van der Waals surface area contributed by atoms with E-state index in [2.05, 4.69) is 5.32 Å². The van der Waals surface area contributed by atoms with Gasteiger partial charge in [-0.15, -0.1) is 0 Å². The van der Waals surface area contributed by atoms with Crippen LogP contribution in [-0.4, -0.2) is 51.9 Å². The van der Waals surface area contributed by atoms with Crippen LogP contribution in [0.1, 0.15) is 64.8 Å². The van der Waals surface area contributed by atoms with Gasteiger partial charge >= 0.3 is 35.5 Å². The number of ether oxygens (including phenoxy) is 1. The third-order valence-electron chi connectivity index (χ3n) is 7.46. The van der Waals surface area contributed by atoms with Gasteiger partial charge in [0.1, 0.15) is 17.3 Å². The molecule has 12 heteroatoms. The average molecular weight is 669 g/mol. The molecule has 4 aromatic rings. The fourth-order valence-electron chi connectivity index (χ4n) is 5.32. The van der Waals surface area contributed by atoms with Crippen LogP contribution < -0.4 is 40.0 Å². The number of carbonyl (C=O) groups is 3. The number of nitrogens with zero attached hydrogens (tertiary/aromatic N) is 1. The van der Waals surface area contributed by atoms with Crippen LogP contribution in [-0.2, 0) is 16.1 Å². The molecular formula is C36H35F2N2NaO7. The van der Waals surface area contributed by atoms with Crippen molar-refractivity contribution < 1.29 is 72.8 Å². The number of aromatic nitrogens is 1. The summed E-state index contributed by atoms with van der Waals surface area (Å²) in [5, 5.41) is 34.5. The van der Waals surface area contributed by atoms with E-state index in [4.69, 9.17) is 4.74 Å². The Morgan fingerprint density at radius 2 is 1.44 bits per heavy atom. The summed E-state index contributed by atoms with van der Waals surface area (Å²) in [4.78, 5) is 36.9. The van der Waals surface area contributed by atoms with E-state index in [0.717, 1.165) is 0 Å². The number of carboxylic acid groups (broad SMARTS) is 1. The van der Waals surface area contributed by atoms with E-state index in [0.29, 0.717) is 39.1 Å². The van der Waals surface area contributed by atoms with Crippen LogP contribution >= 0.6 is 0 Å². The molecule has 0 saturated heterocycles.